The molecule has 1 atom stereocenters. The van der Waals surface area contributed by atoms with Gasteiger partial charge in [0.2, 0.25) is 5.91 Å². The Balaban J connectivity index is 1.52. The first-order valence-electron chi connectivity index (χ1n) is 11.3. The Kier molecular flexibility index (Phi) is 7.02. The highest BCUT2D eigenvalue weighted by molar-refractivity contribution is 5.98. The van der Waals surface area contributed by atoms with Crippen LogP contribution in [0.1, 0.15) is 28.9 Å². The third-order valence-corrected chi connectivity index (χ3v) is 6.15. The summed E-state index contributed by atoms with van der Waals surface area (Å²) in [4.78, 5) is 25.5. The number of nitrogens with one attached hydrogen (secondary N) is 1. The van der Waals surface area contributed by atoms with Gasteiger partial charge in [0.25, 0.3) is 0 Å². The Labute approximate surface area is 205 Å². The summed E-state index contributed by atoms with van der Waals surface area (Å²) in [6.07, 6.45) is -4.22. The van der Waals surface area contributed by atoms with Gasteiger partial charge in [-0.1, -0.05) is 18.2 Å². The van der Waals surface area contributed by atoms with Crippen LogP contribution in [0.3, 0.4) is 0 Å². The number of carbonyl (C=O) groups is 2. The van der Waals surface area contributed by atoms with Crippen LogP contribution >= 0.6 is 0 Å². The average Bonchev–Trinajstić information content (AvgIpc) is 3.47. The fraction of sp³-hybridized carbons (Fsp3) is 0.320. The van der Waals surface area contributed by atoms with E-state index < -0.39 is 23.9 Å². The monoisotopic (exact) mass is 502 g/mol. The van der Waals surface area contributed by atoms with Crippen molar-refractivity contribution in [2.75, 3.05) is 18.5 Å². The predicted molar refractivity (Wildman–Crippen MR) is 125 cm³/mol. The second kappa shape index (κ2) is 10.0. The van der Waals surface area contributed by atoms with Crippen molar-refractivity contribution in [2.45, 2.75) is 38.6 Å². The molecular formula is C25H25F3N4O4. The van der Waals surface area contributed by atoms with Crippen molar-refractivity contribution in [2.24, 2.45) is 0 Å². The molecule has 36 heavy (non-hydrogen) atoms. The molecule has 1 aliphatic heterocycles. The molecule has 8 nitrogen and oxygen atoms in total. The number of nitrogens with zero attached hydrogens (tertiary/aromatic N) is 3. The maximum atomic E-state index is 13.6. The van der Waals surface area contributed by atoms with E-state index in [1.807, 2.05) is 6.92 Å². The zero-order valence-electron chi connectivity index (χ0n) is 19.7. The molecule has 4 rings (SSSR count). The zero-order valence-corrected chi connectivity index (χ0v) is 19.7. The van der Waals surface area contributed by atoms with Gasteiger partial charge in [0.05, 0.1) is 12.1 Å². The lowest BCUT2D eigenvalue weighted by atomic mass is 10.1. The van der Waals surface area contributed by atoms with Crippen LogP contribution in [-0.2, 0) is 28.8 Å². The van der Waals surface area contributed by atoms with Crippen LogP contribution in [0.15, 0.2) is 48.5 Å². The Morgan fingerprint density at radius 3 is 2.56 bits per heavy atom. The number of carboxylic acid groups (broad SMARTS) is 1. The average molecular weight is 502 g/mol. The van der Waals surface area contributed by atoms with Crippen LogP contribution in [0.2, 0.25) is 0 Å². The number of ether oxygens (including phenoxy) is 1. The molecule has 0 saturated heterocycles. The number of hydrogen-bond donors (Lipinski definition) is 2. The molecule has 11 heteroatoms. The lowest BCUT2D eigenvalue weighted by Crippen LogP contribution is -2.40. The van der Waals surface area contributed by atoms with Crippen molar-refractivity contribution in [3.8, 4) is 11.4 Å². The molecule has 2 aromatic carbocycles. The van der Waals surface area contributed by atoms with Crippen LogP contribution in [0.25, 0.3) is 5.69 Å². The Hall–Kier alpha value is -3.86. The molecule has 3 aromatic rings. The highest BCUT2D eigenvalue weighted by Crippen LogP contribution is 2.37. The first kappa shape index (κ1) is 25.2. The van der Waals surface area contributed by atoms with E-state index in [0.717, 1.165) is 21.9 Å². The lowest BCUT2D eigenvalue weighted by molar-refractivity contribution is -0.143. The van der Waals surface area contributed by atoms with Crippen LogP contribution in [0.4, 0.5) is 18.9 Å². The van der Waals surface area contributed by atoms with Gasteiger partial charge < -0.3 is 20.1 Å². The molecule has 0 radical (unpaired) electrons. The largest absolute Gasteiger partial charge is 0.487 e. The third-order valence-electron chi connectivity index (χ3n) is 6.15. The number of anilines is 1. The van der Waals surface area contributed by atoms with Crippen molar-refractivity contribution in [3.05, 3.63) is 71.0 Å². The number of likely N-dealkylation sites (N-methyl/N-ethyl adjacent to an activating group) is 1. The molecule has 1 unspecified atom stereocenters. The van der Waals surface area contributed by atoms with Crippen LogP contribution < -0.4 is 15.0 Å². The molecule has 0 saturated carbocycles. The summed E-state index contributed by atoms with van der Waals surface area (Å²) in [5.74, 6) is -0.937. The molecule has 0 aliphatic carbocycles. The van der Waals surface area contributed by atoms with Crippen LogP contribution in [-0.4, -0.2) is 46.4 Å². The number of aliphatic carboxylic acids is 1. The standard InChI is InChI=1S/C25H25F3N4O4/c1-15-18-10-11-31(23(33)13-19(29-2)24(34)35)20(18)8-9-21(15)36-14-16-12-22(25(26,27)28)32(30-16)17-6-4-3-5-7-17/h3-9,12,19,29H,10-11,13-14H2,1-2H3,(H,34,35). The summed E-state index contributed by atoms with van der Waals surface area (Å²) in [5.41, 5.74) is 1.84. The molecule has 2 N–H and O–H groups in total. The maximum absolute atomic E-state index is 13.6. The van der Waals surface area contributed by atoms with Gasteiger partial charge in [-0.05, 0) is 61.9 Å². The Bertz CT molecular complexity index is 1270. The first-order chi connectivity index (χ1) is 17.1. The van der Waals surface area contributed by atoms with Gasteiger partial charge in [-0.25, -0.2) is 4.68 Å². The van der Waals surface area contributed by atoms with E-state index in [0.29, 0.717) is 24.4 Å². The van der Waals surface area contributed by atoms with Gasteiger partial charge in [-0.3, -0.25) is 9.59 Å². The van der Waals surface area contributed by atoms with Gasteiger partial charge in [0.1, 0.15) is 29.8 Å². The van der Waals surface area contributed by atoms with Gasteiger partial charge in [-0.15, -0.1) is 0 Å². The molecule has 190 valence electrons. The summed E-state index contributed by atoms with van der Waals surface area (Å²) >= 11 is 0. The number of carboxylic acids is 1. The fourth-order valence-electron chi connectivity index (χ4n) is 4.27. The van der Waals surface area contributed by atoms with Crippen molar-refractivity contribution >= 4 is 17.6 Å². The number of hydrogen-bond acceptors (Lipinski definition) is 5. The van der Waals surface area contributed by atoms with Crippen molar-refractivity contribution in [1.29, 1.82) is 0 Å². The number of carbonyl (C=O) groups excluding carboxylic acids is 1. The Morgan fingerprint density at radius 2 is 1.92 bits per heavy atom. The molecule has 0 spiro atoms. The van der Waals surface area contributed by atoms with E-state index in [4.69, 9.17) is 4.74 Å². The quantitative estimate of drug-likeness (QED) is 0.487. The fourth-order valence-corrected chi connectivity index (χ4v) is 4.27. The number of aromatic nitrogens is 2. The lowest BCUT2D eigenvalue weighted by Gasteiger charge is -2.20. The summed E-state index contributed by atoms with van der Waals surface area (Å²) in [6.45, 7) is 2.05. The number of benzene rings is 2. The number of alkyl halides is 3. The van der Waals surface area contributed by atoms with Gasteiger partial charge >= 0.3 is 12.1 Å². The molecule has 1 aliphatic rings. The minimum atomic E-state index is -4.59. The second-order valence-corrected chi connectivity index (χ2v) is 8.42. The van der Waals surface area contributed by atoms with E-state index in [9.17, 15) is 27.9 Å². The van der Waals surface area contributed by atoms with Crippen LogP contribution in [0.5, 0.6) is 5.75 Å². The summed E-state index contributed by atoms with van der Waals surface area (Å²) in [7, 11) is 1.48. The Morgan fingerprint density at radius 1 is 1.19 bits per heavy atom. The smallest absolute Gasteiger partial charge is 0.433 e. The summed E-state index contributed by atoms with van der Waals surface area (Å²) < 4.78 is 47.5. The number of fused-ring (bicyclic) bond motifs is 1. The summed E-state index contributed by atoms with van der Waals surface area (Å²) in [5, 5.41) is 15.9. The van der Waals surface area contributed by atoms with E-state index in [1.165, 1.54) is 7.05 Å². The number of para-hydroxylation sites is 1. The van der Waals surface area contributed by atoms with Gasteiger partial charge in [0.15, 0.2) is 0 Å². The molecule has 2 heterocycles. The van der Waals surface area contributed by atoms with Crippen molar-refractivity contribution in [1.82, 2.24) is 15.1 Å². The van der Waals surface area contributed by atoms with E-state index >= 15 is 0 Å². The maximum Gasteiger partial charge on any atom is 0.433 e. The normalized spacial score (nSPS) is 14.0. The van der Waals surface area contributed by atoms with Crippen molar-refractivity contribution < 1.29 is 32.6 Å². The molecule has 0 bridgehead atoms. The minimum absolute atomic E-state index is 0.120. The number of amides is 1. The SMILES string of the molecule is CNC(CC(=O)N1CCc2c1ccc(OCc1cc(C(F)(F)F)n(-c3ccccc3)n1)c2C)C(=O)O. The third kappa shape index (κ3) is 5.06. The minimum Gasteiger partial charge on any atom is -0.487 e. The van der Waals surface area contributed by atoms with Gasteiger partial charge in [0, 0.05) is 12.2 Å². The predicted octanol–water partition coefficient (Wildman–Crippen LogP) is 3.73. The summed E-state index contributed by atoms with van der Waals surface area (Å²) in [6, 6.07) is 11.4. The second-order valence-electron chi connectivity index (χ2n) is 8.42. The van der Waals surface area contributed by atoms with E-state index in [2.05, 4.69) is 10.4 Å². The highest BCUT2D eigenvalue weighted by atomic mass is 19.4. The van der Waals surface area contributed by atoms with E-state index in [1.54, 1.807) is 47.4 Å². The first-order valence-corrected chi connectivity index (χ1v) is 11.3. The number of halogens is 3. The highest BCUT2D eigenvalue weighted by Gasteiger charge is 2.36. The molecule has 1 amide bonds. The molecular weight excluding hydrogens is 477 g/mol. The van der Waals surface area contributed by atoms with Gasteiger partial charge in [-0.2, -0.15) is 18.3 Å². The topological polar surface area (TPSA) is 96.7 Å². The molecule has 1 aromatic heterocycles. The van der Waals surface area contributed by atoms with Crippen LogP contribution in [0, 0.1) is 6.92 Å². The number of rotatable bonds is 8. The zero-order chi connectivity index (χ0) is 26.0. The van der Waals surface area contributed by atoms with Crippen molar-refractivity contribution in [3.63, 3.8) is 0 Å². The van der Waals surface area contributed by atoms with E-state index in [-0.39, 0.29) is 30.3 Å². The molecule has 0 fully saturated rings.